The smallest absolute Gasteiger partial charge is 0.229 e. The fraction of sp³-hybridized carbons (Fsp3) is 0.368. The number of rotatable bonds is 2. The molecule has 0 spiro atoms. The minimum absolute atomic E-state index is 0.153. The van der Waals surface area contributed by atoms with E-state index in [2.05, 4.69) is 31.3 Å². The van der Waals surface area contributed by atoms with Gasteiger partial charge in [-0.3, -0.25) is 0 Å². The molecule has 0 amide bonds. The van der Waals surface area contributed by atoms with Crippen LogP contribution in [0.25, 0.3) is 16.9 Å². The van der Waals surface area contributed by atoms with Gasteiger partial charge in [-0.2, -0.15) is 18.3 Å². The van der Waals surface area contributed by atoms with E-state index in [9.17, 15) is 13.2 Å². The molecule has 0 aliphatic carbocycles. The summed E-state index contributed by atoms with van der Waals surface area (Å²) in [7, 11) is 0. The van der Waals surface area contributed by atoms with Crippen LogP contribution in [0.5, 0.6) is 0 Å². The molecule has 0 N–H and O–H groups in total. The van der Waals surface area contributed by atoms with Crippen molar-refractivity contribution in [3.63, 3.8) is 0 Å². The predicted molar refractivity (Wildman–Crippen MR) is 99.3 cm³/mol. The Balaban J connectivity index is 1.97. The zero-order valence-corrected chi connectivity index (χ0v) is 16.2. The zero-order valence-electron chi connectivity index (χ0n) is 14.6. The van der Waals surface area contributed by atoms with Gasteiger partial charge in [0.15, 0.2) is 11.3 Å². The maximum atomic E-state index is 13.8. The van der Waals surface area contributed by atoms with Gasteiger partial charge < -0.3 is 0 Å². The highest BCUT2D eigenvalue weighted by molar-refractivity contribution is 9.10. The third-order valence-electron chi connectivity index (χ3n) is 4.94. The molecule has 4 rings (SSSR count). The Labute approximate surface area is 162 Å². The number of alkyl halides is 3. The molecule has 1 atom stereocenters. The summed E-state index contributed by atoms with van der Waals surface area (Å²) in [4.78, 5) is 4.48. The molecular formula is C19H17BrF3N4. The second kappa shape index (κ2) is 6.60. The third-order valence-corrected chi connectivity index (χ3v) is 5.67. The van der Waals surface area contributed by atoms with Crippen LogP contribution in [-0.2, 0) is 11.7 Å². The van der Waals surface area contributed by atoms with Crippen LogP contribution in [0.1, 0.15) is 37.6 Å². The van der Waals surface area contributed by atoms with E-state index in [-0.39, 0.29) is 11.3 Å². The van der Waals surface area contributed by atoms with Crippen LogP contribution >= 0.6 is 15.9 Å². The molecule has 1 aromatic carbocycles. The lowest BCUT2D eigenvalue weighted by Crippen LogP contribution is -2.38. The quantitative estimate of drug-likeness (QED) is 0.554. The number of hydrogen-bond donors (Lipinski definition) is 0. The summed E-state index contributed by atoms with van der Waals surface area (Å²) < 4.78 is 42.7. The molecule has 27 heavy (non-hydrogen) atoms. The van der Waals surface area contributed by atoms with Gasteiger partial charge in [0, 0.05) is 12.1 Å². The van der Waals surface area contributed by atoms with Crippen molar-refractivity contribution >= 4 is 21.6 Å². The van der Waals surface area contributed by atoms with Gasteiger partial charge in [-0.15, -0.1) is 0 Å². The summed E-state index contributed by atoms with van der Waals surface area (Å²) in [5.41, 5.74) is 0.0754. The van der Waals surface area contributed by atoms with E-state index < -0.39 is 17.4 Å². The minimum atomic E-state index is -4.56. The molecule has 3 aromatic rings. The molecule has 1 aliphatic rings. The average molecular weight is 438 g/mol. The van der Waals surface area contributed by atoms with E-state index in [1.54, 1.807) is 24.3 Å². The van der Waals surface area contributed by atoms with Crippen LogP contribution in [0.4, 0.5) is 13.2 Å². The van der Waals surface area contributed by atoms with Crippen molar-refractivity contribution in [2.45, 2.75) is 37.9 Å². The van der Waals surface area contributed by atoms with E-state index in [1.165, 1.54) is 0 Å². The van der Waals surface area contributed by atoms with Gasteiger partial charge >= 0.3 is 6.18 Å². The van der Waals surface area contributed by atoms with Crippen molar-refractivity contribution in [1.82, 2.24) is 19.9 Å². The Morgan fingerprint density at radius 1 is 1.15 bits per heavy atom. The number of nitrogens with zero attached hydrogens (tertiary/aromatic N) is 4. The minimum Gasteiger partial charge on any atom is -0.229 e. The van der Waals surface area contributed by atoms with E-state index >= 15 is 0 Å². The summed E-state index contributed by atoms with van der Waals surface area (Å²) >= 11 is 3.46. The summed E-state index contributed by atoms with van der Waals surface area (Å²) in [6.45, 7) is 2.61. The fourth-order valence-corrected chi connectivity index (χ4v) is 4.24. The molecule has 0 saturated carbocycles. The fourth-order valence-electron chi connectivity index (χ4n) is 3.47. The third kappa shape index (κ3) is 3.25. The number of fused-ring (bicyclic) bond motifs is 1. The molecule has 2 aromatic heterocycles. The van der Waals surface area contributed by atoms with Crippen LogP contribution in [-0.4, -0.2) is 21.1 Å². The Kier molecular flexibility index (Phi) is 4.50. The Hall–Kier alpha value is -1.93. The molecule has 8 heteroatoms. The largest absolute Gasteiger partial charge is 0.433 e. The van der Waals surface area contributed by atoms with E-state index in [0.29, 0.717) is 22.3 Å². The number of benzene rings is 1. The van der Waals surface area contributed by atoms with Crippen molar-refractivity contribution in [1.29, 1.82) is 0 Å². The molecule has 3 heterocycles. The zero-order chi connectivity index (χ0) is 19.2. The molecule has 0 bridgehead atoms. The Bertz CT molecular complexity index is 976. The first kappa shape index (κ1) is 18.4. The van der Waals surface area contributed by atoms with Crippen LogP contribution < -0.4 is 5.32 Å². The average Bonchev–Trinajstić information content (AvgIpc) is 2.99. The summed E-state index contributed by atoms with van der Waals surface area (Å²) in [6.07, 6.45) is -1.85. The predicted octanol–water partition coefficient (Wildman–Crippen LogP) is 5.18. The molecule has 141 valence electrons. The Morgan fingerprint density at radius 3 is 2.52 bits per heavy atom. The van der Waals surface area contributed by atoms with E-state index in [0.717, 1.165) is 29.8 Å². The second-order valence-corrected chi connectivity index (χ2v) is 7.69. The molecule has 1 aliphatic heterocycles. The number of aromatic nitrogens is 3. The second-order valence-electron chi connectivity index (χ2n) is 6.90. The van der Waals surface area contributed by atoms with E-state index in [4.69, 9.17) is 0 Å². The summed E-state index contributed by atoms with van der Waals surface area (Å²) in [5, 5.41) is 8.95. The summed E-state index contributed by atoms with van der Waals surface area (Å²) in [6, 6.07) is 9.88. The molecule has 1 saturated heterocycles. The van der Waals surface area contributed by atoms with Crippen LogP contribution in [0.3, 0.4) is 0 Å². The van der Waals surface area contributed by atoms with Crippen molar-refractivity contribution in [3.8, 4) is 11.3 Å². The molecule has 4 nitrogen and oxygen atoms in total. The van der Waals surface area contributed by atoms with Crippen molar-refractivity contribution in [2.75, 3.05) is 6.54 Å². The Morgan fingerprint density at radius 2 is 1.89 bits per heavy atom. The SMILES string of the molecule is CC1(c2nn3c(C(F)(F)F)cc(-c4ccccc4)nc3c2Br)CCCC[N]1. The highest BCUT2D eigenvalue weighted by atomic mass is 79.9. The van der Waals surface area contributed by atoms with Gasteiger partial charge in [-0.1, -0.05) is 30.3 Å². The topological polar surface area (TPSA) is 44.3 Å². The van der Waals surface area contributed by atoms with Crippen LogP contribution in [0.15, 0.2) is 40.9 Å². The maximum absolute atomic E-state index is 13.8. The van der Waals surface area contributed by atoms with E-state index in [1.807, 2.05) is 13.0 Å². The standard InChI is InChI=1S/C19H17BrF3N4/c1-18(9-5-6-10-24-18)16-15(20)17-25-13(12-7-3-2-4-8-12)11-14(19(21,22)23)27(17)26-16/h2-4,7-8,11H,5-6,9-10H2,1H3. The molecule has 1 fully saturated rings. The van der Waals surface area contributed by atoms with Crippen LogP contribution in [0.2, 0.25) is 0 Å². The van der Waals surface area contributed by atoms with Crippen molar-refractivity contribution in [3.05, 3.63) is 52.3 Å². The van der Waals surface area contributed by atoms with Gasteiger partial charge in [0.25, 0.3) is 0 Å². The highest BCUT2D eigenvalue weighted by Crippen LogP contribution is 2.39. The number of piperidine rings is 1. The maximum Gasteiger partial charge on any atom is 0.433 e. The molecular weight excluding hydrogens is 421 g/mol. The highest BCUT2D eigenvalue weighted by Gasteiger charge is 2.39. The number of halogens is 4. The lowest BCUT2D eigenvalue weighted by molar-refractivity contribution is -0.142. The van der Waals surface area contributed by atoms with Gasteiger partial charge in [0.1, 0.15) is 5.69 Å². The van der Waals surface area contributed by atoms with Gasteiger partial charge in [0.2, 0.25) is 0 Å². The van der Waals surface area contributed by atoms with Crippen molar-refractivity contribution < 1.29 is 13.2 Å². The lowest BCUT2D eigenvalue weighted by atomic mass is 9.88. The van der Waals surface area contributed by atoms with Crippen LogP contribution in [0, 0.1) is 0 Å². The van der Waals surface area contributed by atoms with Gasteiger partial charge in [0.05, 0.1) is 15.7 Å². The number of hydrogen-bond acceptors (Lipinski definition) is 2. The van der Waals surface area contributed by atoms with Gasteiger partial charge in [-0.05, 0) is 48.2 Å². The lowest BCUT2D eigenvalue weighted by Gasteiger charge is -2.31. The first-order valence-corrected chi connectivity index (χ1v) is 9.50. The van der Waals surface area contributed by atoms with Crippen molar-refractivity contribution in [2.24, 2.45) is 0 Å². The summed E-state index contributed by atoms with van der Waals surface area (Å²) in [5.74, 6) is 0. The first-order valence-electron chi connectivity index (χ1n) is 8.71. The normalized spacial score (nSPS) is 20.9. The molecule has 1 unspecified atom stereocenters. The monoisotopic (exact) mass is 437 g/mol. The van der Waals surface area contributed by atoms with Gasteiger partial charge in [-0.25, -0.2) is 14.8 Å². The first-order chi connectivity index (χ1) is 12.8. The molecule has 1 radical (unpaired) electrons.